The van der Waals surface area contributed by atoms with Gasteiger partial charge in [-0.15, -0.1) is 0 Å². The Kier molecular flexibility index (Phi) is 8.53. The van der Waals surface area contributed by atoms with Gasteiger partial charge in [0.15, 0.2) is 22.3 Å². The van der Waals surface area contributed by atoms with E-state index in [9.17, 15) is 52.4 Å². The molecule has 0 bridgehead atoms. The van der Waals surface area contributed by atoms with Gasteiger partial charge in [-0.25, -0.2) is 16.8 Å². The molecule has 0 amide bonds. The summed E-state index contributed by atoms with van der Waals surface area (Å²) in [6, 6.07) is 6.28. The van der Waals surface area contributed by atoms with Crippen molar-refractivity contribution in [3.05, 3.63) is 58.7 Å². The highest BCUT2D eigenvalue weighted by Crippen LogP contribution is 2.37. The molecule has 1 aliphatic rings. The van der Waals surface area contributed by atoms with Crippen LogP contribution in [-0.4, -0.2) is 87.8 Å². The van der Waals surface area contributed by atoms with Gasteiger partial charge >= 0.3 is 0 Å². The largest absolute Gasteiger partial charge is 0.289 e. The molecule has 2 aromatic carbocycles. The van der Waals surface area contributed by atoms with Gasteiger partial charge in [0, 0.05) is 25.2 Å². The zero-order valence-electron chi connectivity index (χ0n) is 21.5. The van der Waals surface area contributed by atoms with E-state index in [1.54, 1.807) is 0 Å². The molecule has 2 unspecified atom stereocenters. The average Bonchev–Trinajstić information content (AvgIpc) is 2.85. The predicted molar refractivity (Wildman–Crippen MR) is 141 cm³/mol. The summed E-state index contributed by atoms with van der Waals surface area (Å²) in [6.45, 7) is 2.61. The molecule has 0 saturated carbocycles. The molecule has 0 heterocycles. The number of carbonyl (C=O) groups is 2. The predicted octanol–water partition coefficient (Wildman–Crippen LogP) is 0.951. The molecule has 40 heavy (non-hydrogen) atoms. The zero-order valence-corrected chi connectivity index (χ0v) is 24.8. The summed E-state index contributed by atoms with van der Waals surface area (Å²) in [6.07, 6.45) is -0.702. The van der Waals surface area contributed by atoms with Crippen LogP contribution in [0.2, 0.25) is 0 Å². The molecule has 2 aromatic rings. The summed E-state index contributed by atoms with van der Waals surface area (Å²) in [7, 11) is -17.7. The van der Waals surface area contributed by atoms with Gasteiger partial charge in [0.05, 0.1) is 20.9 Å². The molecular formula is C22H26N2O12S4. The van der Waals surface area contributed by atoms with Crippen LogP contribution in [0.5, 0.6) is 0 Å². The second-order valence-electron chi connectivity index (χ2n) is 8.81. The maximum atomic E-state index is 13.6. The second-order valence-corrected chi connectivity index (χ2v) is 15.9. The van der Waals surface area contributed by atoms with Gasteiger partial charge in [-0.2, -0.15) is 25.4 Å². The quantitative estimate of drug-likeness (QED) is 0.297. The Morgan fingerprint density at radius 3 is 1.18 bits per heavy atom. The van der Waals surface area contributed by atoms with E-state index in [0.717, 1.165) is 50.5 Å². The Morgan fingerprint density at radius 1 is 0.625 bits per heavy atom. The molecular weight excluding hydrogens is 613 g/mol. The number of ketones is 2. The van der Waals surface area contributed by atoms with Crippen LogP contribution in [0.3, 0.4) is 0 Å². The third-order valence-corrected chi connectivity index (χ3v) is 13.3. The van der Waals surface area contributed by atoms with Gasteiger partial charge in [0.2, 0.25) is 20.0 Å². The summed E-state index contributed by atoms with van der Waals surface area (Å²) >= 11 is 0. The molecule has 18 heteroatoms. The van der Waals surface area contributed by atoms with Crippen LogP contribution in [0.1, 0.15) is 58.5 Å². The molecule has 2 N–H and O–H groups in total. The Labute approximate surface area is 232 Å². The Hall–Kier alpha value is -2.58. The number of rotatable bonds is 10. The zero-order chi connectivity index (χ0) is 30.6. The van der Waals surface area contributed by atoms with Crippen molar-refractivity contribution in [2.24, 2.45) is 0 Å². The van der Waals surface area contributed by atoms with Crippen LogP contribution >= 0.6 is 0 Å². The van der Waals surface area contributed by atoms with Gasteiger partial charge in [0.1, 0.15) is 0 Å². The number of fused-ring (bicyclic) bond motifs is 2. The maximum absolute atomic E-state index is 13.6. The molecule has 0 aliphatic heterocycles. The fourth-order valence-corrected chi connectivity index (χ4v) is 10.4. The first-order chi connectivity index (χ1) is 18.2. The van der Waals surface area contributed by atoms with Gasteiger partial charge in [-0.05, 0) is 25.0 Å². The molecule has 220 valence electrons. The Balaban J connectivity index is 2.27. The van der Waals surface area contributed by atoms with Crippen molar-refractivity contribution >= 4 is 51.8 Å². The van der Waals surface area contributed by atoms with Crippen LogP contribution in [0, 0.1) is 0 Å². The molecule has 0 spiro atoms. The molecule has 1 aliphatic carbocycles. The van der Waals surface area contributed by atoms with Gasteiger partial charge in [0.25, 0.3) is 20.2 Å². The first-order valence-electron chi connectivity index (χ1n) is 11.5. The van der Waals surface area contributed by atoms with E-state index in [4.69, 9.17) is 0 Å². The summed E-state index contributed by atoms with van der Waals surface area (Å²) in [5.41, 5.74) is -2.27. The second kappa shape index (κ2) is 10.7. The molecule has 3 rings (SSSR count). The normalized spacial score (nSPS) is 16.1. The number of nitrogens with zero attached hydrogens (tertiary/aromatic N) is 2. The van der Waals surface area contributed by atoms with Crippen molar-refractivity contribution in [2.75, 3.05) is 14.1 Å². The van der Waals surface area contributed by atoms with Crippen molar-refractivity contribution in [1.82, 2.24) is 8.61 Å². The van der Waals surface area contributed by atoms with Gasteiger partial charge in [-0.3, -0.25) is 18.7 Å². The lowest BCUT2D eigenvalue weighted by atomic mass is 9.84. The first-order valence-corrected chi connectivity index (χ1v) is 17.4. The summed E-state index contributed by atoms with van der Waals surface area (Å²) in [5.74, 6) is -2.14. The van der Waals surface area contributed by atoms with E-state index in [2.05, 4.69) is 0 Å². The van der Waals surface area contributed by atoms with E-state index < -0.39 is 94.6 Å². The number of sulfonamides is 2. The molecule has 0 fully saturated rings. The number of hydrogen-bond donors (Lipinski definition) is 2. The van der Waals surface area contributed by atoms with Crippen molar-refractivity contribution < 1.29 is 52.4 Å². The fraction of sp³-hybridized carbons (Fsp3) is 0.364. The highest BCUT2D eigenvalue weighted by Gasteiger charge is 2.43. The lowest BCUT2D eigenvalue weighted by Crippen LogP contribution is -2.43. The number of hydrogen-bond acceptors (Lipinski definition) is 10. The highest BCUT2D eigenvalue weighted by atomic mass is 32.2. The molecule has 14 nitrogen and oxygen atoms in total. The van der Waals surface area contributed by atoms with E-state index in [-0.39, 0.29) is 12.8 Å². The standard InChI is InChI=1S/C22H26N2O12S4/c1-5-17(39(31,32)33)23(3)37(27,28)15-11-7-9-13-19(15)21(25)14-10-8-12-16(20(14)22(13)26)38(29,30)24(4)18(6-2)40(34,35)36/h7-12,17-18H,5-6H2,1-4H3,(H,31,32,33)(H,34,35,36). The Bertz CT molecular complexity index is 1700. The number of carbonyl (C=O) groups excluding carboxylic acids is 2. The monoisotopic (exact) mass is 638 g/mol. The van der Waals surface area contributed by atoms with Crippen LogP contribution in [0.25, 0.3) is 0 Å². The van der Waals surface area contributed by atoms with Gasteiger partial charge in [-0.1, -0.05) is 38.1 Å². The van der Waals surface area contributed by atoms with E-state index in [0.29, 0.717) is 8.61 Å². The number of benzene rings is 2. The molecule has 0 saturated heterocycles. The third kappa shape index (κ3) is 5.25. The van der Waals surface area contributed by atoms with Crippen molar-refractivity contribution in [2.45, 2.75) is 47.2 Å². The lowest BCUT2D eigenvalue weighted by molar-refractivity contribution is 0.0974. The molecule has 0 aromatic heterocycles. The lowest BCUT2D eigenvalue weighted by Gasteiger charge is -2.28. The maximum Gasteiger partial charge on any atom is 0.282 e. The van der Waals surface area contributed by atoms with Gasteiger partial charge < -0.3 is 0 Å². The van der Waals surface area contributed by atoms with Crippen LogP contribution < -0.4 is 0 Å². The Morgan fingerprint density at radius 2 is 0.925 bits per heavy atom. The first kappa shape index (κ1) is 31.9. The SMILES string of the molecule is CCC(N(C)S(=O)(=O)c1cccc2c1C(=O)c1cccc(S(=O)(=O)N(C)C(CC)S(=O)(=O)O)c1C2=O)S(=O)(=O)O. The van der Waals surface area contributed by atoms with Crippen molar-refractivity contribution in [3.8, 4) is 0 Å². The summed E-state index contributed by atoms with van der Waals surface area (Å²) < 4.78 is 121. The van der Waals surface area contributed by atoms with Crippen molar-refractivity contribution in [3.63, 3.8) is 0 Å². The minimum absolute atomic E-state index is 0.348. The van der Waals surface area contributed by atoms with E-state index in [1.165, 1.54) is 13.8 Å². The van der Waals surface area contributed by atoms with Crippen LogP contribution in [-0.2, 0) is 40.3 Å². The average molecular weight is 639 g/mol. The topological polar surface area (TPSA) is 218 Å². The van der Waals surface area contributed by atoms with Crippen molar-refractivity contribution in [1.29, 1.82) is 0 Å². The van der Waals surface area contributed by atoms with E-state index >= 15 is 0 Å². The third-order valence-electron chi connectivity index (χ3n) is 6.51. The minimum Gasteiger partial charge on any atom is -0.289 e. The van der Waals surface area contributed by atoms with Crippen LogP contribution in [0.4, 0.5) is 0 Å². The smallest absolute Gasteiger partial charge is 0.282 e. The van der Waals surface area contributed by atoms with E-state index in [1.807, 2.05) is 0 Å². The summed E-state index contributed by atoms with van der Waals surface area (Å²) in [4.78, 5) is 25.8. The molecule has 2 atom stereocenters. The minimum atomic E-state index is -4.89. The summed E-state index contributed by atoms with van der Waals surface area (Å²) in [5, 5.41) is -3.81. The fourth-order valence-electron chi connectivity index (χ4n) is 4.54. The molecule has 0 radical (unpaired) electrons. The van der Waals surface area contributed by atoms with Crippen LogP contribution in [0.15, 0.2) is 46.2 Å². The highest BCUT2D eigenvalue weighted by molar-refractivity contribution is 7.92.